The van der Waals surface area contributed by atoms with E-state index in [9.17, 15) is 4.79 Å². The second-order valence-corrected chi connectivity index (χ2v) is 5.46. The number of rotatable bonds is 2. The van der Waals surface area contributed by atoms with E-state index in [0.717, 1.165) is 0 Å². The molecule has 0 aromatic heterocycles. The van der Waals surface area contributed by atoms with Gasteiger partial charge in [-0.3, -0.25) is 5.41 Å². The number of hydrogen-bond acceptors (Lipinski definition) is 4. The summed E-state index contributed by atoms with van der Waals surface area (Å²) in [6, 6.07) is 0. The van der Waals surface area contributed by atoms with Crippen LogP contribution in [0.5, 0.6) is 0 Å². The molecule has 0 radical (unpaired) electrons. The molecule has 2 atom stereocenters. The van der Waals surface area contributed by atoms with Crippen molar-refractivity contribution in [3.8, 4) is 0 Å². The molecule has 0 saturated carbocycles. The van der Waals surface area contributed by atoms with Crippen molar-refractivity contribution in [1.82, 2.24) is 4.90 Å². The standard InChI is InChI=1S/C11H22N4O3/c1-11(2,3)8(18-10(14)16)7-6-15(9(12)13)4-5-17-7/h7-8H,4-6H2,1-3H3,(H3,12,13)(H2,14,16). The van der Waals surface area contributed by atoms with E-state index in [4.69, 9.17) is 26.4 Å². The number of nitrogens with zero attached hydrogens (tertiary/aromatic N) is 1. The monoisotopic (exact) mass is 258 g/mol. The molecule has 1 saturated heterocycles. The average molecular weight is 258 g/mol. The summed E-state index contributed by atoms with van der Waals surface area (Å²) >= 11 is 0. The van der Waals surface area contributed by atoms with Gasteiger partial charge in [-0.05, 0) is 0 Å². The van der Waals surface area contributed by atoms with Gasteiger partial charge in [-0.15, -0.1) is 0 Å². The van der Waals surface area contributed by atoms with Crippen LogP contribution in [-0.2, 0) is 9.47 Å². The van der Waals surface area contributed by atoms with Gasteiger partial charge < -0.3 is 25.8 Å². The first kappa shape index (κ1) is 14.6. The first-order valence-electron chi connectivity index (χ1n) is 5.88. The molecule has 7 heteroatoms. The van der Waals surface area contributed by atoms with Gasteiger partial charge in [0.15, 0.2) is 5.96 Å². The Morgan fingerprint density at radius 3 is 2.56 bits per heavy atom. The summed E-state index contributed by atoms with van der Waals surface area (Å²) in [5.74, 6) is -0.00460. The van der Waals surface area contributed by atoms with Crippen LogP contribution in [0.25, 0.3) is 0 Å². The van der Waals surface area contributed by atoms with Crippen molar-refractivity contribution >= 4 is 12.1 Å². The zero-order valence-corrected chi connectivity index (χ0v) is 11.1. The molecule has 18 heavy (non-hydrogen) atoms. The van der Waals surface area contributed by atoms with Gasteiger partial charge in [0, 0.05) is 12.0 Å². The quantitative estimate of drug-likeness (QED) is 0.479. The number of nitrogens with one attached hydrogen (secondary N) is 1. The van der Waals surface area contributed by atoms with Crippen molar-refractivity contribution in [2.24, 2.45) is 16.9 Å². The summed E-state index contributed by atoms with van der Waals surface area (Å²) in [4.78, 5) is 12.7. The zero-order chi connectivity index (χ0) is 13.9. The van der Waals surface area contributed by atoms with Crippen molar-refractivity contribution in [3.63, 3.8) is 0 Å². The Bertz CT molecular complexity index is 327. The molecule has 1 fully saturated rings. The van der Waals surface area contributed by atoms with Crippen molar-refractivity contribution < 1.29 is 14.3 Å². The minimum absolute atomic E-state index is 0.00460. The maximum atomic E-state index is 11.0. The minimum Gasteiger partial charge on any atom is -0.443 e. The largest absolute Gasteiger partial charge is 0.443 e. The maximum absolute atomic E-state index is 11.0. The number of carbonyl (C=O) groups excluding carboxylic acids is 1. The number of primary amides is 1. The second-order valence-electron chi connectivity index (χ2n) is 5.46. The highest BCUT2D eigenvalue weighted by Crippen LogP contribution is 2.28. The molecule has 1 amide bonds. The third-order valence-corrected chi connectivity index (χ3v) is 2.87. The van der Waals surface area contributed by atoms with Crippen molar-refractivity contribution in [3.05, 3.63) is 0 Å². The Labute approximate surface area is 107 Å². The SMILES string of the molecule is CC(C)(C)C(OC(N)=O)C1CN(C(=N)N)CCO1. The Balaban J connectivity index is 2.79. The van der Waals surface area contributed by atoms with Crippen LogP contribution in [0.15, 0.2) is 0 Å². The summed E-state index contributed by atoms with van der Waals surface area (Å²) in [6.07, 6.45) is -1.63. The lowest BCUT2D eigenvalue weighted by atomic mass is 9.85. The summed E-state index contributed by atoms with van der Waals surface area (Å²) in [6.45, 7) is 7.26. The average Bonchev–Trinajstić information content (AvgIpc) is 2.24. The Hall–Kier alpha value is -1.50. The van der Waals surface area contributed by atoms with Crippen LogP contribution in [-0.4, -0.2) is 48.9 Å². The number of morpholine rings is 1. The van der Waals surface area contributed by atoms with Gasteiger partial charge in [-0.1, -0.05) is 20.8 Å². The molecule has 1 aliphatic heterocycles. The predicted molar refractivity (Wildman–Crippen MR) is 67.1 cm³/mol. The Kier molecular flexibility index (Phi) is 4.39. The number of amides is 1. The van der Waals surface area contributed by atoms with E-state index >= 15 is 0 Å². The van der Waals surface area contributed by atoms with Crippen LogP contribution in [0.3, 0.4) is 0 Å². The highest BCUT2D eigenvalue weighted by molar-refractivity contribution is 5.74. The van der Waals surface area contributed by atoms with Gasteiger partial charge in [0.25, 0.3) is 0 Å². The van der Waals surface area contributed by atoms with E-state index in [1.54, 1.807) is 4.90 Å². The second kappa shape index (κ2) is 5.43. The lowest BCUT2D eigenvalue weighted by Gasteiger charge is -2.41. The number of carbonyl (C=O) groups is 1. The van der Waals surface area contributed by atoms with Gasteiger partial charge in [0.2, 0.25) is 0 Å². The highest BCUT2D eigenvalue weighted by atomic mass is 16.6. The van der Waals surface area contributed by atoms with Crippen LogP contribution in [0, 0.1) is 10.8 Å². The molecule has 2 unspecified atom stereocenters. The van der Waals surface area contributed by atoms with E-state index in [2.05, 4.69) is 0 Å². The van der Waals surface area contributed by atoms with Crippen LogP contribution in [0.1, 0.15) is 20.8 Å². The van der Waals surface area contributed by atoms with Crippen molar-refractivity contribution in [2.75, 3.05) is 19.7 Å². The zero-order valence-electron chi connectivity index (χ0n) is 11.1. The number of ether oxygens (including phenoxy) is 2. The molecule has 0 aromatic carbocycles. The van der Waals surface area contributed by atoms with Gasteiger partial charge >= 0.3 is 6.09 Å². The van der Waals surface area contributed by atoms with E-state index in [1.807, 2.05) is 20.8 Å². The molecular formula is C11H22N4O3. The topological polar surface area (TPSA) is 115 Å². The fraction of sp³-hybridized carbons (Fsp3) is 0.818. The lowest BCUT2D eigenvalue weighted by molar-refractivity contribution is -0.110. The third-order valence-electron chi connectivity index (χ3n) is 2.87. The summed E-state index contributed by atoms with van der Waals surface area (Å²) in [5.41, 5.74) is 10.2. The molecule has 104 valence electrons. The van der Waals surface area contributed by atoms with E-state index in [0.29, 0.717) is 19.7 Å². The Morgan fingerprint density at radius 1 is 1.50 bits per heavy atom. The minimum atomic E-state index is -0.821. The molecule has 1 rings (SSSR count). The number of hydrogen-bond donors (Lipinski definition) is 3. The first-order chi connectivity index (χ1) is 8.21. The molecule has 0 aliphatic carbocycles. The van der Waals surface area contributed by atoms with E-state index < -0.39 is 12.2 Å². The highest BCUT2D eigenvalue weighted by Gasteiger charge is 2.38. The molecular weight excluding hydrogens is 236 g/mol. The molecule has 1 aliphatic rings. The van der Waals surface area contributed by atoms with Gasteiger partial charge in [-0.25, -0.2) is 4.79 Å². The summed E-state index contributed by atoms with van der Waals surface area (Å²) in [7, 11) is 0. The molecule has 0 aromatic rings. The molecule has 0 spiro atoms. The molecule has 1 heterocycles. The van der Waals surface area contributed by atoms with E-state index in [1.165, 1.54) is 0 Å². The van der Waals surface area contributed by atoms with Crippen LogP contribution < -0.4 is 11.5 Å². The van der Waals surface area contributed by atoms with Gasteiger partial charge in [0.05, 0.1) is 13.2 Å². The number of nitrogens with two attached hydrogens (primary N) is 2. The van der Waals surface area contributed by atoms with Crippen molar-refractivity contribution in [1.29, 1.82) is 5.41 Å². The van der Waals surface area contributed by atoms with E-state index in [-0.39, 0.29) is 17.5 Å². The molecule has 0 bridgehead atoms. The number of guanidine groups is 1. The molecule has 7 nitrogen and oxygen atoms in total. The normalized spacial score (nSPS) is 22.4. The van der Waals surface area contributed by atoms with Crippen LogP contribution >= 0.6 is 0 Å². The van der Waals surface area contributed by atoms with Crippen LogP contribution in [0.2, 0.25) is 0 Å². The smallest absolute Gasteiger partial charge is 0.404 e. The van der Waals surface area contributed by atoms with Crippen molar-refractivity contribution in [2.45, 2.75) is 33.0 Å². The fourth-order valence-electron chi connectivity index (χ4n) is 2.01. The fourth-order valence-corrected chi connectivity index (χ4v) is 2.01. The summed E-state index contributed by atoms with van der Waals surface area (Å²) < 4.78 is 10.8. The lowest BCUT2D eigenvalue weighted by Crippen LogP contribution is -2.55. The van der Waals surface area contributed by atoms with Crippen LogP contribution in [0.4, 0.5) is 4.79 Å². The van der Waals surface area contributed by atoms with Gasteiger partial charge in [-0.2, -0.15) is 0 Å². The summed E-state index contributed by atoms with van der Waals surface area (Å²) in [5, 5.41) is 7.43. The first-order valence-corrected chi connectivity index (χ1v) is 5.88. The predicted octanol–water partition coefficient (Wildman–Crippen LogP) is 0.0907. The Morgan fingerprint density at radius 2 is 2.11 bits per heavy atom. The van der Waals surface area contributed by atoms with Gasteiger partial charge in [0.1, 0.15) is 12.2 Å². The molecule has 5 N–H and O–H groups in total. The maximum Gasteiger partial charge on any atom is 0.404 e. The third kappa shape index (κ3) is 3.76.